The molecule has 1 amide bonds. The van der Waals surface area contributed by atoms with Crippen LogP contribution in [0.3, 0.4) is 0 Å². The number of methoxy groups -OCH3 is 1. The summed E-state index contributed by atoms with van der Waals surface area (Å²) >= 11 is 0. The Morgan fingerprint density at radius 2 is 1.74 bits per heavy atom. The van der Waals surface area contributed by atoms with Gasteiger partial charge in [0.15, 0.2) is 6.10 Å². The zero-order valence-electron chi connectivity index (χ0n) is 18.1. The first-order valence-corrected chi connectivity index (χ1v) is 10.0. The van der Waals surface area contributed by atoms with Crippen LogP contribution in [0.25, 0.3) is 0 Å². The number of aromatic nitrogens is 1. The van der Waals surface area contributed by atoms with Crippen LogP contribution in [-0.2, 0) is 19.0 Å². The molecule has 3 rings (SSSR count). The molecule has 166 valence electrons. The van der Waals surface area contributed by atoms with Crippen molar-refractivity contribution in [1.82, 2.24) is 4.98 Å². The van der Waals surface area contributed by atoms with Gasteiger partial charge in [0.25, 0.3) is 5.91 Å². The second-order valence-electron chi connectivity index (χ2n) is 7.30. The Labute approximate surface area is 180 Å². The summed E-state index contributed by atoms with van der Waals surface area (Å²) in [6, 6.07) is 7.46. The van der Waals surface area contributed by atoms with Gasteiger partial charge in [-0.2, -0.15) is 0 Å². The molecule has 0 radical (unpaired) electrons. The van der Waals surface area contributed by atoms with Gasteiger partial charge in [0.05, 0.1) is 25.9 Å². The van der Waals surface area contributed by atoms with Crippen molar-refractivity contribution in [2.75, 3.05) is 43.6 Å². The van der Waals surface area contributed by atoms with E-state index in [2.05, 4.69) is 15.2 Å². The Balaban J connectivity index is 1.60. The van der Waals surface area contributed by atoms with Crippen molar-refractivity contribution in [3.8, 4) is 0 Å². The molecule has 9 heteroatoms. The molecule has 0 aliphatic carbocycles. The summed E-state index contributed by atoms with van der Waals surface area (Å²) in [6.07, 6.45) is -1.03. The number of carbonyl (C=O) groups is 3. The van der Waals surface area contributed by atoms with Crippen LogP contribution in [0.5, 0.6) is 0 Å². The van der Waals surface area contributed by atoms with Gasteiger partial charge in [-0.1, -0.05) is 0 Å². The zero-order valence-corrected chi connectivity index (χ0v) is 18.1. The summed E-state index contributed by atoms with van der Waals surface area (Å²) in [4.78, 5) is 41.9. The number of nitrogens with one attached hydrogen (secondary N) is 2. The average molecular weight is 429 g/mol. The Kier molecular flexibility index (Phi) is 6.96. The second kappa shape index (κ2) is 9.65. The first-order chi connectivity index (χ1) is 14.8. The van der Waals surface area contributed by atoms with Crippen LogP contribution < -0.4 is 10.2 Å². The van der Waals surface area contributed by atoms with Crippen molar-refractivity contribution in [2.45, 2.75) is 26.9 Å². The van der Waals surface area contributed by atoms with E-state index in [9.17, 15) is 14.4 Å². The quantitative estimate of drug-likeness (QED) is 0.679. The van der Waals surface area contributed by atoms with E-state index in [0.717, 1.165) is 18.8 Å². The number of esters is 2. The highest BCUT2D eigenvalue weighted by Crippen LogP contribution is 2.21. The summed E-state index contributed by atoms with van der Waals surface area (Å²) in [7, 11) is 1.27. The third-order valence-corrected chi connectivity index (χ3v) is 5.20. The van der Waals surface area contributed by atoms with Crippen molar-refractivity contribution < 1.29 is 28.6 Å². The molecule has 0 saturated carbocycles. The molecule has 1 aromatic heterocycles. The molecule has 1 saturated heterocycles. The number of hydrogen-bond donors (Lipinski definition) is 2. The lowest BCUT2D eigenvalue weighted by Gasteiger charge is -2.28. The highest BCUT2D eigenvalue weighted by molar-refractivity contribution is 6.00. The molecule has 2 aromatic rings. The number of amides is 1. The molecule has 1 aliphatic rings. The molecule has 2 heterocycles. The molecule has 1 atom stereocenters. The topological polar surface area (TPSA) is 110 Å². The minimum Gasteiger partial charge on any atom is -0.465 e. The maximum absolute atomic E-state index is 12.5. The summed E-state index contributed by atoms with van der Waals surface area (Å²) in [5, 5.41) is 2.74. The molecular formula is C22H27N3O6. The van der Waals surface area contributed by atoms with E-state index in [1.807, 2.05) is 12.1 Å². The van der Waals surface area contributed by atoms with E-state index < -0.39 is 23.9 Å². The van der Waals surface area contributed by atoms with Crippen LogP contribution in [-0.4, -0.2) is 62.3 Å². The number of benzene rings is 1. The first kappa shape index (κ1) is 22.4. The van der Waals surface area contributed by atoms with Crippen LogP contribution in [0.4, 0.5) is 11.4 Å². The van der Waals surface area contributed by atoms with Gasteiger partial charge in [0, 0.05) is 30.2 Å². The molecule has 9 nitrogen and oxygen atoms in total. The van der Waals surface area contributed by atoms with Gasteiger partial charge >= 0.3 is 11.9 Å². The van der Waals surface area contributed by atoms with Gasteiger partial charge in [-0.15, -0.1) is 0 Å². The van der Waals surface area contributed by atoms with Crippen LogP contribution >= 0.6 is 0 Å². The summed E-state index contributed by atoms with van der Waals surface area (Å²) in [6.45, 7) is 7.81. The van der Waals surface area contributed by atoms with E-state index in [4.69, 9.17) is 14.2 Å². The average Bonchev–Trinajstić information content (AvgIpc) is 3.08. The zero-order chi connectivity index (χ0) is 22.5. The van der Waals surface area contributed by atoms with Crippen LogP contribution in [0.15, 0.2) is 24.3 Å². The number of ether oxygens (including phenoxy) is 3. The van der Waals surface area contributed by atoms with Crippen LogP contribution in [0.1, 0.15) is 39.0 Å². The van der Waals surface area contributed by atoms with Gasteiger partial charge in [0.1, 0.15) is 5.69 Å². The van der Waals surface area contributed by atoms with Crippen molar-refractivity contribution in [2.24, 2.45) is 0 Å². The number of H-pyrrole nitrogens is 1. The lowest BCUT2D eigenvalue weighted by Crippen LogP contribution is -2.36. The Morgan fingerprint density at radius 1 is 1.10 bits per heavy atom. The molecule has 1 unspecified atom stereocenters. The standard InChI is InChI=1S/C22H27N3O6/c1-13-18(21(27)29-4)14(2)23-19(13)22(28)31-15(3)20(26)24-16-5-7-17(8-6-16)25-9-11-30-12-10-25/h5-8,15,23H,9-12H2,1-4H3,(H,24,26). The smallest absolute Gasteiger partial charge is 0.355 e. The van der Waals surface area contributed by atoms with Crippen molar-refractivity contribution >= 4 is 29.2 Å². The molecule has 31 heavy (non-hydrogen) atoms. The number of rotatable bonds is 6. The molecule has 0 bridgehead atoms. The Morgan fingerprint density at radius 3 is 2.35 bits per heavy atom. The van der Waals surface area contributed by atoms with Gasteiger partial charge in [-0.25, -0.2) is 9.59 Å². The fraction of sp³-hybridized carbons (Fsp3) is 0.409. The minimum absolute atomic E-state index is 0.118. The highest BCUT2D eigenvalue weighted by Gasteiger charge is 2.26. The van der Waals surface area contributed by atoms with Gasteiger partial charge in [0.2, 0.25) is 0 Å². The maximum atomic E-state index is 12.5. The van der Waals surface area contributed by atoms with Crippen molar-refractivity contribution in [3.63, 3.8) is 0 Å². The normalized spacial score (nSPS) is 14.6. The number of aryl methyl sites for hydroxylation is 1. The summed E-state index contributed by atoms with van der Waals surface area (Å²) in [5.41, 5.74) is 2.97. The van der Waals surface area contributed by atoms with E-state index >= 15 is 0 Å². The number of anilines is 2. The summed E-state index contributed by atoms with van der Waals surface area (Å²) < 4.78 is 15.4. The Bertz CT molecular complexity index is 960. The fourth-order valence-corrected chi connectivity index (χ4v) is 3.46. The first-order valence-electron chi connectivity index (χ1n) is 10.0. The number of nitrogens with zero attached hydrogens (tertiary/aromatic N) is 1. The molecule has 1 aromatic carbocycles. The maximum Gasteiger partial charge on any atom is 0.355 e. The largest absolute Gasteiger partial charge is 0.465 e. The van der Waals surface area contributed by atoms with E-state index in [1.54, 1.807) is 26.0 Å². The third-order valence-electron chi connectivity index (χ3n) is 5.20. The Hall–Kier alpha value is -3.33. The summed E-state index contributed by atoms with van der Waals surface area (Å²) in [5.74, 6) is -1.72. The lowest BCUT2D eigenvalue weighted by molar-refractivity contribution is -0.123. The predicted molar refractivity (Wildman–Crippen MR) is 115 cm³/mol. The number of hydrogen-bond acceptors (Lipinski definition) is 7. The monoisotopic (exact) mass is 429 g/mol. The SMILES string of the molecule is COC(=O)c1c(C)[nH]c(C(=O)OC(C)C(=O)Nc2ccc(N3CCOCC3)cc2)c1C. The molecule has 0 spiro atoms. The number of aromatic amines is 1. The highest BCUT2D eigenvalue weighted by atomic mass is 16.5. The van der Waals surface area contributed by atoms with Gasteiger partial charge < -0.3 is 29.4 Å². The van der Waals surface area contributed by atoms with E-state index in [1.165, 1.54) is 14.0 Å². The van der Waals surface area contributed by atoms with Gasteiger partial charge in [-0.05, 0) is 50.6 Å². The van der Waals surface area contributed by atoms with Gasteiger partial charge in [-0.3, -0.25) is 4.79 Å². The van der Waals surface area contributed by atoms with E-state index in [0.29, 0.717) is 30.2 Å². The number of carbonyl (C=O) groups excluding carboxylic acids is 3. The lowest BCUT2D eigenvalue weighted by atomic mass is 10.1. The molecule has 2 N–H and O–H groups in total. The second-order valence-corrected chi connectivity index (χ2v) is 7.30. The van der Waals surface area contributed by atoms with Crippen molar-refractivity contribution in [1.29, 1.82) is 0 Å². The predicted octanol–water partition coefficient (Wildman–Crippen LogP) is 2.44. The molecular weight excluding hydrogens is 402 g/mol. The third kappa shape index (κ3) is 5.05. The molecule has 1 aliphatic heterocycles. The number of morpholine rings is 1. The van der Waals surface area contributed by atoms with Crippen LogP contribution in [0.2, 0.25) is 0 Å². The minimum atomic E-state index is -1.03. The fourth-order valence-electron chi connectivity index (χ4n) is 3.46. The van der Waals surface area contributed by atoms with Crippen LogP contribution in [0, 0.1) is 13.8 Å². The molecule has 1 fully saturated rings. The van der Waals surface area contributed by atoms with Crippen molar-refractivity contribution in [3.05, 3.63) is 46.8 Å². The van der Waals surface area contributed by atoms with E-state index in [-0.39, 0.29) is 11.3 Å².